The highest BCUT2D eigenvalue weighted by Gasteiger charge is 2.25. The third-order valence-electron chi connectivity index (χ3n) is 5.37. The van der Waals surface area contributed by atoms with Crippen LogP contribution in [0.25, 0.3) is 11.0 Å². The summed E-state index contributed by atoms with van der Waals surface area (Å²) in [7, 11) is 5.73. The Bertz CT molecular complexity index is 1260. The number of rotatable bonds is 11. The van der Waals surface area contributed by atoms with Gasteiger partial charge < -0.3 is 14.4 Å². The van der Waals surface area contributed by atoms with Crippen LogP contribution in [0.15, 0.2) is 30.5 Å². The van der Waals surface area contributed by atoms with Crippen LogP contribution in [-0.2, 0) is 17.7 Å². The first-order valence-electron chi connectivity index (χ1n) is 10.7. The number of aromatic nitrogens is 2. The van der Waals surface area contributed by atoms with Crippen LogP contribution >= 0.6 is 0 Å². The van der Waals surface area contributed by atoms with Gasteiger partial charge in [0.2, 0.25) is 0 Å². The number of anilines is 1. The molecule has 1 unspecified atom stereocenters. The molecule has 0 fully saturated rings. The van der Waals surface area contributed by atoms with Gasteiger partial charge in [0, 0.05) is 43.5 Å². The zero-order valence-electron chi connectivity index (χ0n) is 19.5. The van der Waals surface area contributed by atoms with Crippen LogP contribution in [0.5, 0.6) is 0 Å². The van der Waals surface area contributed by atoms with E-state index in [-0.39, 0.29) is 30.5 Å². The number of aryl methyl sites for hydroxylation is 1. The summed E-state index contributed by atoms with van der Waals surface area (Å²) < 4.78 is 67.0. The summed E-state index contributed by atoms with van der Waals surface area (Å²) in [5, 5.41) is 0. The van der Waals surface area contributed by atoms with Crippen molar-refractivity contribution in [2.75, 3.05) is 45.7 Å². The van der Waals surface area contributed by atoms with E-state index >= 15 is 4.39 Å². The molecule has 0 aliphatic heterocycles. The highest BCUT2D eigenvalue weighted by atomic mass is 32.2. The maximum atomic E-state index is 15.1. The molecule has 0 bridgehead atoms. The van der Waals surface area contributed by atoms with Gasteiger partial charge in [-0.25, -0.2) is 22.9 Å². The van der Waals surface area contributed by atoms with Gasteiger partial charge in [0.15, 0.2) is 17.4 Å². The van der Waals surface area contributed by atoms with E-state index in [1.165, 1.54) is 18.2 Å². The van der Waals surface area contributed by atoms with Crippen LogP contribution < -0.4 is 9.62 Å². The minimum absolute atomic E-state index is 0.0213. The Morgan fingerprint density at radius 1 is 1.09 bits per heavy atom. The van der Waals surface area contributed by atoms with E-state index in [1.807, 2.05) is 30.9 Å². The van der Waals surface area contributed by atoms with E-state index < -0.39 is 40.1 Å². The molecule has 1 N–H and O–H groups in total. The second-order valence-corrected chi connectivity index (χ2v) is 9.00. The topological polar surface area (TPSA) is 101 Å². The molecule has 3 rings (SSSR count). The third kappa shape index (κ3) is 6.60. The number of likely N-dealkylation sites (N-methyl/N-ethyl adjacent to an activating group) is 2. The van der Waals surface area contributed by atoms with E-state index in [0.717, 1.165) is 6.54 Å². The third-order valence-corrected chi connectivity index (χ3v) is 5.81. The van der Waals surface area contributed by atoms with E-state index in [4.69, 9.17) is 0 Å². The summed E-state index contributed by atoms with van der Waals surface area (Å²) in [6.45, 7) is 1.43. The molecule has 8 nitrogen and oxygen atoms in total. The zero-order chi connectivity index (χ0) is 25.7. The minimum Gasteiger partial charge on any atom is -0.760 e. The van der Waals surface area contributed by atoms with Crippen molar-refractivity contribution in [3.8, 4) is 0 Å². The Morgan fingerprint density at radius 2 is 1.83 bits per heavy atom. The first kappa shape index (κ1) is 26.7. The van der Waals surface area contributed by atoms with Gasteiger partial charge in [0.05, 0.1) is 22.8 Å². The van der Waals surface area contributed by atoms with Gasteiger partial charge in [-0.2, -0.15) is 0 Å². The van der Waals surface area contributed by atoms with Gasteiger partial charge >= 0.3 is 0 Å². The molecule has 0 saturated heterocycles. The number of ketones is 1. The van der Waals surface area contributed by atoms with Crippen LogP contribution in [0.4, 0.5) is 19.0 Å². The highest BCUT2D eigenvalue weighted by Crippen LogP contribution is 2.25. The maximum Gasteiger partial charge on any atom is 0.199 e. The number of fused-ring (bicyclic) bond motifs is 1. The van der Waals surface area contributed by atoms with Gasteiger partial charge in [-0.3, -0.25) is 14.0 Å². The molecule has 0 aliphatic carbocycles. The number of benzene rings is 2. The summed E-state index contributed by atoms with van der Waals surface area (Å²) in [6.07, 6.45) is 1.62. The molecule has 2 aromatic carbocycles. The van der Waals surface area contributed by atoms with Crippen molar-refractivity contribution in [3.05, 3.63) is 64.6 Å². The van der Waals surface area contributed by atoms with E-state index in [2.05, 4.69) is 14.7 Å². The van der Waals surface area contributed by atoms with Gasteiger partial charge in [-0.05, 0) is 56.8 Å². The van der Waals surface area contributed by atoms with Crippen molar-refractivity contribution in [3.63, 3.8) is 0 Å². The fourth-order valence-corrected chi connectivity index (χ4v) is 3.72. The lowest BCUT2D eigenvalue weighted by atomic mass is 9.97. The quantitative estimate of drug-likeness (QED) is 0.184. The molecule has 1 atom stereocenters. The predicted octanol–water partition coefficient (Wildman–Crippen LogP) is 2.59. The fraction of sp³-hybridized carbons (Fsp3) is 0.348. The van der Waals surface area contributed by atoms with Crippen LogP contribution in [-0.4, -0.2) is 70.2 Å². The average Bonchev–Trinajstić information content (AvgIpc) is 2.82. The van der Waals surface area contributed by atoms with Crippen molar-refractivity contribution in [2.45, 2.75) is 12.8 Å². The number of nitrogens with one attached hydrogen (secondary N) is 1. The monoisotopic (exact) mass is 508 g/mol. The molecule has 0 aliphatic rings. The molecule has 0 saturated carbocycles. The Labute approximate surface area is 203 Å². The smallest absolute Gasteiger partial charge is 0.199 e. The SMILES string of the molecule is CN(C)CCN(C)c1cnc2ccc(C(=O)c3c(F)c(F)cc(CCCNS(=O)[O-])c3F)cc2n1. The minimum atomic E-state index is -2.49. The van der Waals surface area contributed by atoms with E-state index in [9.17, 15) is 22.3 Å². The number of carbonyl (C=O) groups is 1. The Balaban J connectivity index is 1.91. The van der Waals surface area contributed by atoms with Crippen molar-refractivity contribution in [1.29, 1.82) is 0 Å². The molecule has 1 heterocycles. The van der Waals surface area contributed by atoms with Crippen molar-refractivity contribution in [1.82, 2.24) is 19.6 Å². The maximum absolute atomic E-state index is 15.1. The lowest BCUT2D eigenvalue weighted by molar-refractivity contribution is 0.102. The second-order valence-electron chi connectivity index (χ2n) is 8.24. The Morgan fingerprint density at radius 3 is 2.51 bits per heavy atom. The van der Waals surface area contributed by atoms with Crippen LogP contribution in [0, 0.1) is 17.5 Å². The number of hydrogen-bond donors (Lipinski definition) is 1. The van der Waals surface area contributed by atoms with Crippen molar-refractivity contribution >= 4 is 33.9 Å². The zero-order valence-corrected chi connectivity index (χ0v) is 20.3. The molecular formula is C23H25F3N5O3S-. The first-order chi connectivity index (χ1) is 16.6. The predicted molar refractivity (Wildman–Crippen MR) is 126 cm³/mol. The number of nitrogens with zero attached hydrogens (tertiary/aromatic N) is 4. The van der Waals surface area contributed by atoms with Gasteiger partial charge in [-0.1, -0.05) is 0 Å². The molecule has 3 aromatic rings. The van der Waals surface area contributed by atoms with Gasteiger partial charge in [-0.15, -0.1) is 0 Å². The molecular weight excluding hydrogens is 483 g/mol. The molecule has 12 heteroatoms. The molecule has 0 spiro atoms. The standard InChI is InChI=1S/C23H26F3N5O3S/c1-30(2)9-10-31(3)19-13-27-17-7-6-15(12-18(17)29-19)23(32)20-21(25)14(11-16(24)22(20)26)5-4-8-28-35(33)34/h6-7,11-13,28H,4-5,8-10H2,1-3H3,(H,33,34)/p-1. The van der Waals surface area contributed by atoms with Crippen LogP contribution in [0.3, 0.4) is 0 Å². The van der Waals surface area contributed by atoms with Crippen molar-refractivity contribution < 1.29 is 26.7 Å². The highest BCUT2D eigenvalue weighted by molar-refractivity contribution is 7.77. The largest absolute Gasteiger partial charge is 0.760 e. The number of halogens is 3. The van der Waals surface area contributed by atoms with Gasteiger partial charge in [0.25, 0.3) is 0 Å². The molecule has 1 aromatic heterocycles. The lowest BCUT2D eigenvalue weighted by Crippen LogP contribution is -2.29. The van der Waals surface area contributed by atoms with E-state index in [1.54, 1.807) is 6.20 Å². The summed E-state index contributed by atoms with van der Waals surface area (Å²) in [5.41, 5.74) is -0.477. The summed E-state index contributed by atoms with van der Waals surface area (Å²) >= 11 is -2.49. The summed E-state index contributed by atoms with van der Waals surface area (Å²) in [4.78, 5) is 25.8. The second kappa shape index (κ2) is 11.7. The summed E-state index contributed by atoms with van der Waals surface area (Å²) in [6, 6.07) is 4.90. The van der Waals surface area contributed by atoms with Crippen LogP contribution in [0.1, 0.15) is 27.9 Å². The first-order valence-corrected chi connectivity index (χ1v) is 11.8. The van der Waals surface area contributed by atoms with Crippen molar-refractivity contribution in [2.24, 2.45) is 0 Å². The fourth-order valence-electron chi connectivity index (χ4n) is 3.41. The van der Waals surface area contributed by atoms with Crippen LogP contribution in [0.2, 0.25) is 0 Å². The van der Waals surface area contributed by atoms with Gasteiger partial charge in [0.1, 0.15) is 11.6 Å². The lowest BCUT2D eigenvalue weighted by Gasteiger charge is -2.20. The molecule has 0 amide bonds. The normalized spacial score (nSPS) is 12.3. The molecule has 0 radical (unpaired) electrons. The Kier molecular flexibility index (Phi) is 8.89. The molecule has 35 heavy (non-hydrogen) atoms. The van der Waals surface area contributed by atoms with E-state index in [0.29, 0.717) is 29.5 Å². The molecule has 188 valence electrons. The number of hydrogen-bond acceptors (Lipinski definition) is 7. The average molecular weight is 509 g/mol. The summed E-state index contributed by atoms with van der Waals surface area (Å²) in [5.74, 6) is -4.61. The number of carbonyl (C=O) groups excluding carboxylic acids is 1. The Hall–Kier alpha value is -2.93.